The molecule has 0 radical (unpaired) electrons. The molecule has 1 fully saturated rings. The highest BCUT2D eigenvalue weighted by molar-refractivity contribution is 8.01. The Bertz CT molecular complexity index is 1170. The normalized spacial score (nSPS) is 15.4. The van der Waals surface area contributed by atoms with Gasteiger partial charge in [0.05, 0.1) is 11.4 Å². The van der Waals surface area contributed by atoms with Gasteiger partial charge in [0, 0.05) is 42.9 Å². The van der Waals surface area contributed by atoms with E-state index >= 15 is 0 Å². The molecule has 4 rings (SSSR count). The number of halogens is 2. The van der Waals surface area contributed by atoms with Crippen LogP contribution >= 0.6 is 11.9 Å². The van der Waals surface area contributed by atoms with Gasteiger partial charge in [0.15, 0.2) is 0 Å². The zero-order valence-corrected chi connectivity index (χ0v) is 23.2. The predicted molar refractivity (Wildman–Crippen MR) is 153 cm³/mol. The summed E-state index contributed by atoms with van der Waals surface area (Å²) in [4.78, 5) is 27.9. The molecule has 1 aliphatic rings. The molecule has 7 nitrogen and oxygen atoms in total. The molecule has 1 saturated heterocycles. The molecule has 3 aromatic rings. The standard InChI is InChI=1S/C18H21F2N3OS.C8H10N2O.C2H6/c1-13(19)11-22-9-7-15(12-22)25-21-17-6-5-14(10-16(17)20)23-8-3-2-4-18(23)24;1-2-7-3-4-8(9-5-7)10-6-11;1-2/h2-6,8,10,13,15,21H,7,9,11-12H2,1H3;3-6H,2H2,1H3,(H,9,10,11);1-2H3. The lowest BCUT2D eigenvalue weighted by molar-refractivity contribution is -0.105. The highest BCUT2D eigenvalue weighted by Gasteiger charge is 2.24. The van der Waals surface area contributed by atoms with Gasteiger partial charge in [-0.25, -0.2) is 13.8 Å². The second-order valence-electron chi connectivity index (χ2n) is 8.41. The minimum atomic E-state index is -0.830. The number of aryl methyl sites for hydroxylation is 1. The number of carbonyl (C=O) groups is 1. The monoisotopic (exact) mass is 545 g/mol. The van der Waals surface area contributed by atoms with E-state index in [4.69, 9.17) is 0 Å². The van der Waals surface area contributed by atoms with Crippen molar-refractivity contribution in [2.75, 3.05) is 29.7 Å². The third-order valence-corrected chi connectivity index (χ3v) is 6.62. The van der Waals surface area contributed by atoms with Gasteiger partial charge in [-0.05, 0) is 68.1 Å². The Labute approximate surface area is 227 Å². The van der Waals surface area contributed by atoms with Crippen LogP contribution in [0, 0.1) is 5.82 Å². The molecule has 0 bridgehead atoms. The molecule has 2 aromatic heterocycles. The number of nitrogens with zero attached hydrogens (tertiary/aromatic N) is 3. The third-order valence-electron chi connectivity index (χ3n) is 5.57. The van der Waals surface area contributed by atoms with Crippen molar-refractivity contribution in [3.8, 4) is 5.69 Å². The van der Waals surface area contributed by atoms with Crippen molar-refractivity contribution in [3.05, 3.63) is 82.7 Å². The maximum atomic E-state index is 14.3. The smallest absolute Gasteiger partial charge is 0.255 e. The van der Waals surface area contributed by atoms with Crippen LogP contribution in [0.1, 0.15) is 39.7 Å². The first-order valence-electron chi connectivity index (χ1n) is 12.8. The van der Waals surface area contributed by atoms with Gasteiger partial charge >= 0.3 is 0 Å². The van der Waals surface area contributed by atoms with E-state index in [1.165, 1.54) is 34.2 Å². The molecule has 10 heteroatoms. The molecule has 1 amide bonds. The Morgan fingerprint density at radius 1 is 1.21 bits per heavy atom. The Kier molecular flexibility index (Phi) is 13.5. The summed E-state index contributed by atoms with van der Waals surface area (Å²) in [6.07, 6.45) is 5.07. The topological polar surface area (TPSA) is 79.3 Å². The maximum absolute atomic E-state index is 14.3. The van der Waals surface area contributed by atoms with Crippen molar-refractivity contribution in [3.63, 3.8) is 0 Å². The van der Waals surface area contributed by atoms with E-state index in [2.05, 4.69) is 26.8 Å². The van der Waals surface area contributed by atoms with Crippen LogP contribution in [-0.4, -0.2) is 51.9 Å². The molecular weight excluding hydrogens is 508 g/mol. The fourth-order valence-corrected chi connectivity index (χ4v) is 4.69. The second-order valence-corrected chi connectivity index (χ2v) is 9.52. The average molecular weight is 546 g/mol. The molecule has 0 aliphatic carbocycles. The van der Waals surface area contributed by atoms with E-state index in [1.54, 1.807) is 49.6 Å². The zero-order chi connectivity index (χ0) is 27.9. The number of aromatic nitrogens is 2. The van der Waals surface area contributed by atoms with Gasteiger partial charge in [-0.3, -0.25) is 19.1 Å². The summed E-state index contributed by atoms with van der Waals surface area (Å²) in [5, 5.41) is 2.77. The van der Waals surface area contributed by atoms with Crippen LogP contribution < -0.4 is 15.6 Å². The van der Waals surface area contributed by atoms with Crippen molar-refractivity contribution in [2.24, 2.45) is 0 Å². The fourth-order valence-electron chi connectivity index (χ4n) is 3.72. The van der Waals surface area contributed by atoms with E-state index in [9.17, 15) is 18.4 Å². The molecular formula is C28H37F2N5O2S. The molecule has 2 N–H and O–H groups in total. The fraction of sp³-hybridized carbons (Fsp3) is 0.393. The van der Waals surface area contributed by atoms with Crippen molar-refractivity contribution in [1.29, 1.82) is 0 Å². The lowest BCUT2D eigenvalue weighted by Gasteiger charge is -2.17. The number of hydrogen-bond donors (Lipinski definition) is 2. The Balaban J connectivity index is 0.000000327. The molecule has 2 unspecified atom stereocenters. The number of amides is 1. The summed E-state index contributed by atoms with van der Waals surface area (Å²) in [6, 6.07) is 13.2. The number of benzene rings is 1. The molecule has 2 atom stereocenters. The van der Waals surface area contributed by atoms with Gasteiger partial charge in [0.1, 0.15) is 17.8 Å². The first-order chi connectivity index (χ1) is 18.4. The lowest BCUT2D eigenvalue weighted by atomic mass is 10.2. The van der Waals surface area contributed by atoms with Gasteiger partial charge in [-0.1, -0.05) is 32.9 Å². The van der Waals surface area contributed by atoms with Crippen LogP contribution in [0.15, 0.2) is 65.7 Å². The van der Waals surface area contributed by atoms with Crippen LogP contribution in [0.5, 0.6) is 0 Å². The quantitative estimate of drug-likeness (QED) is 0.265. The lowest BCUT2D eigenvalue weighted by Crippen LogP contribution is -2.27. The van der Waals surface area contributed by atoms with Gasteiger partial charge in [0.25, 0.3) is 5.56 Å². The highest BCUT2D eigenvalue weighted by Crippen LogP contribution is 2.27. The van der Waals surface area contributed by atoms with E-state index in [-0.39, 0.29) is 5.56 Å². The predicted octanol–water partition coefficient (Wildman–Crippen LogP) is 5.71. The number of carbonyl (C=O) groups excluding carboxylic acids is 1. The third kappa shape index (κ3) is 9.90. The van der Waals surface area contributed by atoms with E-state index < -0.39 is 12.0 Å². The number of pyridine rings is 2. The number of anilines is 2. The maximum Gasteiger partial charge on any atom is 0.255 e. The molecule has 0 spiro atoms. The van der Waals surface area contributed by atoms with Gasteiger partial charge in [0.2, 0.25) is 6.41 Å². The average Bonchev–Trinajstić information content (AvgIpc) is 3.37. The van der Waals surface area contributed by atoms with Crippen molar-refractivity contribution >= 4 is 29.9 Å². The van der Waals surface area contributed by atoms with Crippen LogP contribution in [0.2, 0.25) is 0 Å². The molecule has 3 heterocycles. The minimum Gasteiger partial charge on any atom is -0.327 e. The molecule has 1 aromatic carbocycles. The van der Waals surface area contributed by atoms with Crippen molar-refractivity contribution < 1.29 is 13.6 Å². The minimum absolute atomic E-state index is 0.204. The second kappa shape index (κ2) is 16.6. The summed E-state index contributed by atoms with van der Waals surface area (Å²) < 4.78 is 31.8. The molecule has 38 heavy (non-hydrogen) atoms. The van der Waals surface area contributed by atoms with Gasteiger partial charge in [-0.2, -0.15) is 0 Å². The first kappa shape index (κ1) is 31.0. The Morgan fingerprint density at radius 3 is 2.61 bits per heavy atom. The van der Waals surface area contributed by atoms with Gasteiger partial charge < -0.3 is 10.0 Å². The molecule has 0 saturated carbocycles. The van der Waals surface area contributed by atoms with Crippen LogP contribution in [0.3, 0.4) is 0 Å². The summed E-state index contributed by atoms with van der Waals surface area (Å²) in [5.41, 5.74) is 1.84. The summed E-state index contributed by atoms with van der Waals surface area (Å²) in [7, 11) is 0. The Morgan fingerprint density at radius 2 is 2.00 bits per heavy atom. The number of alkyl halides is 1. The van der Waals surface area contributed by atoms with Crippen LogP contribution in [0.25, 0.3) is 5.69 Å². The number of rotatable bonds is 9. The largest absolute Gasteiger partial charge is 0.327 e. The zero-order valence-electron chi connectivity index (χ0n) is 22.4. The first-order valence-corrected chi connectivity index (χ1v) is 13.7. The number of hydrogen-bond acceptors (Lipinski definition) is 6. The number of likely N-dealkylation sites (tertiary alicyclic amines) is 1. The van der Waals surface area contributed by atoms with E-state index in [0.717, 1.165) is 25.9 Å². The summed E-state index contributed by atoms with van der Waals surface area (Å²) >= 11 is 1.46. The van der Waals surface area contributed by atoms with Crippen molar-refractivity contribution in [1.82, 2.24) is 14.5 Å². The Hall–Kier alpha value is -3.24. The van der Waals surface area contributed by atoms with Crippen LogP contribution in [0.4, 0.5) is 20.3 Å². The SMILES string of the molecule is CC.CC(F)CN1CCC(SNc2ccc(-n3ccccc3=O)cc2F)C1.CCc1ccc(NC=O)nc1. The van der Waals surface area contributed by atoms with E-state index in [0.29, 0.717) is 35.4 Å². The van der Waals surface area contributed by atoms with Gasteiger partial charge in [-0.15, -0.1) is 0 Å². The van der Waals surface area contributed by atoms with Crippen molar-refractivity contribution in [2.45, 2.75) is 52.0 Å². The van der Waals surface area contributed by atoms with Crippen LogP contribution in [-0.2, 0) is 11.2 Å². The summed E-state index contributed by atoms with van der Waals surface area (Å²) in [5.74, 6) is 0.185. The highest BCUT2D eigenvalue weighted by atomic mass is 32.2. The summed E-state index contributed by atoms with van der Waals surface area (Å²) in [6.45, 7) is 9.74. The number of nitrogens with one attached hydrogen (secondary N) is 2. The molecule has 206 valence electrons. The molecule has 1 aliphatic heterocycles. The van der Waals surface area contributed by atoms with E-state index in [1.807, 2.05) is 19.9 Å².